The van der Waals surface area contributed by atoms with Crippen molar-refractivity contribution in [1.29, 1.82) is 0 Å². The number of hydrogen-bond donors (Lipinski definition) is 1. The fraction of sp³-hybridized carbons (Fsp3) is 0.174. The maximum atomic E-state index is 13.1. The number of amides is 1. The number of hydrogen-bond acceptors (Lipinski definition) is 6. The summed E-state index contributed by atoms with van der Waals surface area (Å²) >= 11 is 0. The molecule has 5 aromatic rings. The Kier molecular flexibility index (Phi) is 5.39. The first-order valence-electron chi connectivity index (χ1n) is 10.3. The van der Waals surface area contributed by atoms with Crippen LogP contribution in [0, 0.1) is 5.82 Å². The quantitative estimate of drug-likeness (QED) is 0.411. The van der Waals surface area contributed by atoms with Crippen molar-refractivity contribution in [3.63, 3.8) is 0 Å². The molecule has 0 saturated heterocycles. The Balaban J connectivity index is 1.23. The van der Waals surface area contributed by atoms with Crippen LogP contribution in [0.2, 0.25) is 0 Å². The Labute approximate surface area is 186 Å². The van der Waals surface area contributed by atoms with Crippen molar-refractivity contribution in [2.75, 3.05) is 6.54 Å². The average Bonchev–Trinajstić information content (AvgIpc) is 3.42. The summed E-state index contributed by atoms with van der Waals surface area (Å²) in [4.78, 5) is 29.5. The molecular weight excluding hydrogens is 427 g/mol. The molecular formula is C23H19FN6O3. The zero-order valence-electron chi connectivity index (χ0n) is 17.4. The van der Waals surface area contributed by atoms with Gasteiger partial charge in [0.15, 0.2) is 11.2 Å². The maximum absolute atomic E-state index is 13.1. The fourth-order valence-corrected chi connectivity index (χ4v) is 3.64. The minimum Gasteiger partial charge on any atom is -0.356 e. The molecule has 3 aromatic heterocycles. The summed E-state index contributed by atoms with van der Waals surface area (Å²) in [7, 11) is 0. The Hall–Kier alpha value is -4.34. The van der Waals surface area contributed by atoms with Gasteiger partial charge in [-0.15, -0.1) is 0 Å². The van der Waals surface area contributed by atoms with Gasteiger partial charge in [0.05, 0.1) is 25.7 Å². The zero-order chi connectivity index (χ0) is 22.8. The average molecular weight is 446 g/mol. The number of aromatic nitrogens is 5. The highest BCUT2D eigenvalue weighted by Crippen LogP contribution is 2.18. The molecule has 0 spiro atoms. The summed E-state index contributed by atoms with van der Waals surface area (Å²) in [6.07, 6.45) is 3.01. The molecule has 0 aliphatic heterocycles. The van der Waals surface area contributed by atoms with Crippen LogP contribution in [0.5, 0.6) is 0 Å². The maximum Gasteiger partial charge on any atom is 0.264 e. The lowest BCUT2D eigenvalue weighted by Crippen LogP contribution is -2.29. The van der Waals surface area contributed by atoms with E-state index in [1.54, 1.807) is 22.9 Å². The van der Waals surface area contributed by atoms with Gasteiger partial charge in [-0.1, -0.05) is 29.4 Å². The van der Waals surface area contributed by atoms with E-state index >= 15 is 0 Å². The van der Waals surface area contributed by atoms with E-state index in [2.05, 4.69) is 20.6 Å². The van der Waals surface area contributed by atoms with Crippen LogP contribution >= 0.6 is 0 Å². The van der Waals surface area contributed by atoms with E-state index < -0.39 is 0 Å². The lowest BCUT2D eigenvalue weighted by atomic mass is 10.1. The van der Waals surface area contributed by atoms with Crippen LogP contribution in [-0.4, -0.2) is 36.9 Å². The normalized spacial score (nSPS) is 11.3. The molecule has 1 N–H and O–H groups in total. The van der Waals surface area contributed by atoms with Crippen LogP contribution in [0.15, 0.2) is 70.4 Å². The standard InChI is InChI=1S/C23H19FN6O3/c24-16-7-5-15(6-8-16)13-29-14-26-22-18(23(29)32)12-27-30(22)10-9-25-21(31)11-19-17-3-1-2-4-20(17)33-28-19/h1-8,12,14H,9-11,13H2,(H,25,31). The highest BCUT2D eigenvalue weighted by molar-refractivity contribution is 5.86. The topological polar surface area (TPSA) is 108 Å². The van der Waals surface area contributed by atoms with Crippen molar-refractivity contribution >= 4 is 27.9 Å². The summed E-state index contributed by atoms with van der Waals surface area (Å²) in [5.41, 5.74) is 2.20. The van der Waals surface area contributed by atoms with Crippen molar-refractivity contribution in [2.45, 2.75) is 19.5 Å². The Morgan fingerprint density at radius 3 is 2.76 bits per heavy atom. The van der Waals surface area contributed by atoms with Crippen molar-refractivity contribution in [3.05, 3.63) is 88.5 Å². The number of rotatable bonds is 7. The van der Waals surface area contributed by atoms with Crippen molar-refractivity contribution < 1.29 is 13.7 Å². The van der Waals surface area contributed by atoms with E-state index in [1.165, 1.54) is 29.2 Å². The van der Waals surface area contributed by atoms with E-state index in [0.29, 0.717) is 35.4 Å². The van der Waals surface area contributed by atoms with Gasteiger partial charge in [-0.25, -0.2) is 14.1 Å². The number of halogens is 1. The van der Waals surface area contributed by atoms with Gasteiger partial charge < -0.3 is 9.84 Å². The van der Waals surface area contributed by atoms with E-state index in [4.69, 9.17) is 4.52 Å². The highest BCUT2D eigenvalue weighted by Gasteiger charge is 2.13. The van der Waals surface area contributed by atoms with Crippen LogP contribution < -0.4 is 10.9 Å². The largest absolute Gasteiger partial charge is 0.356 e. The molecule has 10 heteroatoms. The molecule has 166 valence electrons. The SMILES string of the molecule is O=C(Cc1noc2ccccc12)NCCn1ncc2c(=O)n(Cc3ccc(F)cc3)cnc21. The molecule has 5 rings (SSSR count). The molecule has 0 saturated carbocycles. The molecule has 33 heavy (non-hydrogen) atoms. The van der Waals surface area contributed by atoms with E-state index in [-0.39, 0.29) is 30.2 Å². The number of nitrogens with one attached hydrogen (secondary N) is 1. The van der Waals surface area contributed by atoms with Gasteiger partial charge in [0.1, 0.15) is 23.2 Å². The molecule has 3 heterocycles. The molecule has 9 nitrogen and oxygen atoms in total. The second kappa shape index (κ2) is 8.65. The summed E-state index contributed by atoms with van der Waals surface area (Å²) in [5, 5.41) is 12.2. The number of fused-ring (bicyclic) bond motifs is 2. The molecule has 1 amide bonds. The predicted octanol–water partition coefficient (Wildman–Crippen LogP) is 2.28. The first-order valence-corrected chi connectivity index (χ1v) is 10.3. The minimum atomic E-state index is -0.331. The Morgan fingerprint density at radius 1 is 1.09 bits per heavy atom. The third-order valence-corrected chi connectivity index (χ3v) is 5.31. The van der Waals surface area contributed by atoms with Gasteiger partial charge in [-0.2, -0.15) is 5.10 Å². The second-order valence-electron chi connectivity index (χ2n) is 7.56. The lowest BCUT2D eigenvalue weighted by Gasteiger charge is -2.07. The number of nitrogens with zero attached hydrogens (tertiary/aromatic N) is 5. The molecule has 0 atom stereocenters. The van der Waals surface area contributed by atoms with E-state index in [1.807, 2.05) is 18.2 Å². The lowest BCUT2D eigenvalue weighted by molar-refractivity contribution is -0.120. The molecule has 0 bridgehead atoms. The third-order valence-electron chi connectivity index (χ3n) is 5.31. The summed E-state index contributed by atoms with van der Waals surface area (Å²) < 4.78 is 21.3. The first kappa shape index (κ1) is 20.6. The third kappa shape index (κ3) is 4.22. The van der Waals surface area contributed by atoms with Gasteiger partial charge in [-0.3, -0.25) is 14.2 Å². The Bertz CT molecular complexity index is 1500. The van der Waals surface area contributed by atoms with Crippen LogP contribution in [0.4, 0.5) is 4.39 Å². The molecule has 0 unspecified atom stereocenters. The number of carbonyl (C=O) groups excluding carboxylic acids is 1. The molecule has 0 radical (unpaired) electrons. The molecule has 0 aliphatic carbocycles. The van der Waals surface area contributed by atoms with Gasteiger partial charge in [0.2, 0.25) is 5.91 Å². The highest BCUT2D eigenvalue weighted by atomic mass is 19.1. The van der Waals surface area contributed by atoms with Gasteiger partial charge in [0, 0.05) is 11.9 Å². The van der Waals surface area contributed by atoms with E-state index in [0.717, 1.165) is 10.9 Å². The first-order chi connectivity index (χ1) is 16.1. The van der Waals surface area contributed by atoms with Crippen molar-refractivity contribution in [1.82, 2.24) is 29.8 Å². The number of para-hydroxylation sites is 1. The predicted molar refractivity (Wildman–Crippen MR) is 118 cm³/mol. The fourth-order valence-electron chi connectivity index (χ4n) is 3.64. The summed E-state index contributed by atoms with van der Waals surface area (Å²) in [6, 6.07) is 13.3. The van der Waals surface area contributed by atoms with Crippen LogP contribution in [0.1, 0.15) is 11.3 Å². The summed E-state index contributed by atoms with van der Waals surface area (Å²) in [6.45, 7) is 0.939. The van der Waals surface area contributed by atoms with Crippen LogP contribution in [0.3, 0.4) is 0 Å². The van der Waals surface area contributed by atoms with E-state index in [9.17, 15) is 14.0 Å². The van der Waals surface area contributed by atoms with Crippen molar-refractivity contribution in [2.24, 2.45) is 0 Å². The Morgan fingerprint density at radius 2 is 1.91 bits per heavy atom. The number of benzene rings is 2. The van der Waals surface area contributed by atoms with Gasteiger partial charge in [0.25, 0.3) is 5.56 Å². The monoisotopic (exact) mass is 446 g/mol. The number of carbonyl (C=O) groups is 1. The zero-order valence-corrected chi connectivity index (χ0v) is 17.4. The molecule has 0 fully saturated rings. The smallest absolute Gasteiger partial charge is 0.264 e. The second-order valence-corrected chi connectivity index (χ2v) is 7.56. The van der Waals surface area contributed by atoms with Gasteiger partial charge >= 0.3 is 0 Å². The molecule has 0 aliphatic rings. The minimum absolute atomic E-state index is 0.100. The molecule has 2 aromatic carbocycles. The van der Waals surface area contributed by atoms with Crippen LogP contribution in [0.25, 0.3) is 22.0 Å². The summed E-state index contributed by atoms with van der Waals surface area (Å²) in [5.74, 6) is -0.525. The van der Waals surface area contributed by atoms with Crippen molar-refractivity contribution in [3.8, 4) is 0 Å². The van der Waals surface area contributed by atoms with Gasteiger partial charge in [-0.05, 0) is 29.8 Å². The van der Waals surface area contributed by atoms with Crippen LogP contribution in [-0.2, 0) is 24.3 Å².